The van der Waals surface area contributed by atoms with Crippen LogP contribution in [0.15, 0.2) is 0 Å². The lowest BCUT2D eigenvalue weighted by atomic mass is 10.2. The third-order valence-corrected chi connectivity index (χ3v) is 3.06. The second kappa shape index (κ2) is 2.90. The summed E-state index contributed by atoms with van der Waals surface area (Å²) < 4.78 is 0. The smallest absolute Gasteiger partial charge is 0.0691 e. The van der Waals surface area contributed by atoms with Crippen molar-refractivity contribution in [3.05, 3.63) is 0 Å². The van der Waals surface area contributed by atoms with Gasteiger partial charge in [0, 0.05) is 5.25 Å². The van der Waals surface area contributed by atoms with Crippen molar-refractivity contribution in [3.63, 3.8) is 0 Å². The summed E-state index contributed by atoms with van der Waals surface area (Å²) in [4.78, 5) is 0. The van der Waals surface area contributed by atoms with Gasteiger partial charge in [0.25, 0.3) is 0 Å². The molecule has 0 aromatic heterocycles. The fourth-order valence-corrected chi connectivity index (χ4v) is 2.38. The van der Waals surface area contributed by atoms with E-state index in [2.05, 4.69) is 6.92 Å². The molecule has 1 unspecified atom stereocenters. The van der Waals surface area contributed by atoms with Crippen molar-refractivity contribution in [1.82, 2.24) is 0 Å². The Kier molecular flexibility index (Phi) is 2.38. The van der Waals surface area contributed by atoms with Gasteiger partial charge in [0.05, 0.1) is 18.0 Å². The van der Waals surface area contributed by atoms with Crippen LogP contribution in [0, 0.1) is 0 Å². The molecular formula is C6H12O2S. The number of hydrogen-bond donors (Lipinski definition) is 2. The molecule has 0 saturated carbocycles. The molecule has 3 heteroatoms. The molecule has 0 radical (unpaired) electrons. The van der Waals surface area contributed by atoms with Gasteiger partial charge in [-0.05, 0) is 6.42 Å². The van der Waals surface area contributed by atoms with E-state index in [-0.39, 0.29) is 18.0 Å². The van der Waals surface area contributed by atoms with Gasteiger partial charge in [-0.15, -0.1) is 0 Å². The highest BCUT2D eigenvalue weighted by atomic mass is 32.2. The Labute approximate surface area is 59.3 Å². The van der Waals surface area contributed by atoms with E-state index in [4.69, 9.17) is 5.11 Å². The van der Waals surface area contributed by atoms with Crippen LogP contribution in [0.4, 0.5) is 0 Å². The molecule has 1 aliphatic rings. The van der Waals surface area contributed by atoms with Crippen molar-refractivity contribution in [2.45, 2.75) is 29.9 Å². The van der Waals surface area contributed by atoms with Gasteiger partial charge < -0.3 is 10.2 Å². The van der Waals surface area contributed by atoms with Gasteiger partial charge in [0.1, 0.15) is 0 Å². The molecule has 2 N–H and O–H groups in total. The van der Waals surface area contributed by atoms with E-state index in [1.54, 1.807) is 11.8 Å². The lowest BCUT2D eigenvalue weighted by Crippen LogP contribution is -2.20. The second-order valence-corrected chi connectivity index (χ2v) is 4.15. The van der Waals surface area contributed by atoms with E-state index in [1.807, 2.05) is 0 Å². The summed E-state index contributed by atoms with van der Waals surface area (Å²) in [6.45, 7) is 2.18. The van der Waals surface area contributed by atoms with Crippen LogP contribution in [0.1, 0.15) is 13.3 Å². The predicted octanol–water partition coefficient (Wildman–Crippen LogP) is 0.234. The predicted molar refractivity (Wildman–Crippen MR) is 38.6 cm³/mol. The molecule has 1 rings (SSSR count). The molecule has 1 fully saturated rings. The maximum Gasteiger partial charge on any atom is 0.0691 e. The topological polar surface area (TPSA) is 40.5 Å². The first-order chi connectivity index (χ1) is 4.24. The molecule has 3 atom stereocenters. The number of hydrogen-bond acceptors (Lipinski definition) is 3. The number of aliphatic hydroxyl groups is 2. The number of thioether (sulfide) groups is 1. The highest BCUT2D eigenvalue weighted by Gasteiger charge is 2.29. The van der Waals surface area contributed by atoms with Gasteiger partial charge in [-0.3, -0.25) is 0 Å². The standard InChI is InChI=1S/C6H12O2S/c1-4-2-5(8)6(3-7)9-4/h4-8H,2-3H2,1H3/t4-,5?,6+/m0/s1. The molecule has 54 valence electrons. The van der Waals surface area contributed by atoms with Gasteiger partial charge in [0.2, 0.25) is 0 Å². The fourth-order valence-electron chi connectivity index (χ4n) is 1.10. The Hall–Kier alpha value is 0.270. The molecule has 0 amide bonds. The summed E-state index contributed by atoms with van der Waals surface area (Å²) in [7, 11) is 0. The van der Waals surface area contributed by atoms with Crippen LogP contribution in [0.2, 0.25) is 0 Å². The zero-order valence-corrected chi connectivity index (χ0v) is 6.27. The SMILES string of the molecule is C[C@H]1CC(O)[C@@H](CO)S1. The molecule has 2 nitrogen and oxygen atoms in total. The van der Waals surface area contributed by atoms with Crippen molar-refractivity contribution in [2.75, 3.05) is 6.61 Å². The summed E-state index contributed by atoms with van der Waals surface area (Å²) in [5, 5.41) is 18.4. The van der Waals surface area contributed by atoms with E-state index in [1.165, 1.54) is 0 Å². The summed E-state index contributed by atoms with van der Waals surface area (Å²) in [6, 6.07) is 0. The van der Waals surface area contributed by atoms with Crippen molar-refractivity contribution in [1.29, 1.82) is 0 Å². The van der Waals surface area contributed by atoms with E-state index >= 15 is 0 Å². The Bertz CT molecular complexity index is 97.1. The van der Waals surface area contributed by atoms with Crippen molar-refractivity contribution >= 4 is 11.8 Å². The van der Waals surface area contributed by atoms with Crippen molar-refractivity contribution in [2.24, 2.45) is 0 Å². The molecule has 0 bridgehead atoms. The third-order valence-electron chi connectivity index (χ3n) is 1.59. The zero-order valence-electron chi connectivity index (χ0n) is 5.45. The highest BCUT2D eigenvalue weighted by Crippen LogP contribution is 2.32. The molecule has 0 aromatic carbocycles. The van der Waals surface area contributed by atoms with E-state index in [9.17, 15) is 5.11 Å². The number of aliphatic hydroxyl groups excluding tert-OH is 2. The summed E-state index contributed by atoms with van der Waals surface area (Å²) in [6.07, 6.45) is 0.547. The van der Waals surface area contributed by atoms with Crippen molar-refractivity contribution < 1.29 is 10.2 Å². The van der Waals surface area contributed by atoms with Crippen LogP contribution in [0.5, 0.6) is 0 Å². The fraction of sp³-hybridized carbons (Fsp3) is 1.00. The van der Waals surface area contributed by atoms with E-state index < -0.39 is 0 Å². The highest BCUT2D eigenvalue weighted by molar-refractivity contribution is 8.00. The van der Waals surface area contributed by atoms with Gasteiger partial charge >= 0.3 is 0 Å². The van der Waals surface area contributed by atoms with Gasteiger partial charge in [-0.25, -0.2) is 0 Å². The quantitative estimate of drug-likeness (QED) is 0.559. The maximum absolute atomic E-state index is 9.18. The first-order valence-electron chi connectivity index (χ1n) is 3.18. The third kappa shape index (κ3) is 1.60. The van der Waals surface area contributed by atoms with Crippen molar-refractivity contribution in [3.8, 4) is 0 Å². The molecule has 9 heavy (non-hydrogen) atoms. The summed E-state index contributed by atoms with van der Waals surface area (Å²) in [5.74, 6) is 0. The normalized spacial score (nSPS) is 43.7. The zero-order chi connectivity index (χ0) is 6.85. The minimum Gasteiger partial charge on any atom is -0.395 e. The van der Waals surface area contributed by atoms with E-state index in [0.717, 1.165) is 6.42 Å². The average Bonchev–Trinajstić information content (AvgIpc) is 2.10. The van der Waals surface area contributed by atoms with Crippen LogP contribution in [-0.2, 0) is 0 Å². The Balaban J connectivity index is 2.38. The van der Waals surface area contributed by atoms with Gasteiger partial charge in [-0.1, -0.05) is 6.92 Å². The van der Waals surface area contributed by atoms with Gasteiger partial charge in [-0.2, -0.15) is 11.8 Å². The van der Waals surface area contributed by atoms with Crippen LogP contribution in [-0.4, -0.2) is 33.4 Å². The Morgan fingerprint density at radius 1 is 1.67 bits per heavy atom. The minimum absolute atomic E-state index is 0.0694. The van der Waals surface area contributed by atoms with Crippen LogP contribution < -0.4 is 0 Å². The molecular weight excluding hydrogens is 136 g/mol. The monoisotopic (exact) mass is 148 g/mol. The summed E-state index contributed by atoms with van der Waals surface area (Å²) in [5.41, 5.74) is 0. The van der Waals surface area contributed by atoms with Gasteiger partial charge in [0.15, 0.2) is 0 Å². The molecule has 1 heterocycles. The summed E-state index contributed by atoms with van der Waals surface area (Å²) >= 11 is 1.67. The first kappa shape index (κ1) is 7.38. The molecule has 0 aliphatic carbocycles. The Morgan fingerprint density at radius 2 is 2.33 bits per heavy atom. The number of rotatable bonds is 1. The molecule has 0 spiro atoms. The lowest BCUT2D eigenvalue weighted by molar-refractivity contribution is 0.142. The second-order valence-electron chi connectivity index (χ2n) is 2.47. The van der Waals surface area contributed by atoms with Crippen LogP contribution in [0.25, 0.3) is 0 Å². The average molecular weight is 148 g/mol. The largest absolute Gasteiger partial charge is 0.395 e. The van der Waals surface area contributed by atoms with E-state index in [0.29, 0.717) is 5.25 Å². The maximum atomic E-state index is 9.18. The minimum atomic E-state index is -0.282. The van der Waals surface area contributed by atoms with Crippen LogP contribution in [0.3, 0.4) is 0 Å². The lowest BCUT2D eigenvalue weighted by Gasteiger charge is -2.07. The Morgan fingerprint density at radius 3 is 2.56 bits per heavy atom. The van der Waals surface area contributed by atoms with Crippen LogP contribution >= 0.6 is 11.8 Å². The molecule has 1 aliphatic heterocycles. The molecule has 0 aromatic rings. The first-order valence-corrected chi connectivity index (χ1v) is 4.12. The molecule has 1 saturated heterocycles.